The lowest BCUT2D eigenvalue weighted by Gasteiger charge is -2.37. The van der Waals surface area contributed by atoms with Crippen LogP contribution in [0.2, 0.25) is 0 Å². The van der Waals surface area contributed by atoms with E-state index in [1.165, 1.54) is 35.2 Å². The second-order valence-electron chi connectivity index (χ2n) is 7.71. The first kappa shape index (κ1) is 25.0. The van der Waals surface area contributed by atoms with Crippen LogP contribution in [0.25, 0.3) is 0 Å². The number of rotatable bonds is 6. The predicted molar refractivity (Wildman–Crippen MR) is 120 cm³/mol. The monoisotopic (exact) mass is 477 g/mol. The molecule has 1 heterocycles. The highest BCUT2D eigenvalue weighted by Crippen LogP contribution is 2.21. The highest BCUT2D eigenvalue weighted by molar-refractivity contribution is 5.96. The Morgan fingerprint density at radius 1 is 1.00 bits per heavy atom. The number of alkyl halides is 2. The maximum atomic E-state index is 13.9. The summed E-state index contributed by atoms with van der Waals surface area (Å²) in [6.07, 6.45) is -3.25. The average Bonchev–Trinajstić information content (AvgIpc) is 2.85. The first-order chi connectivity index (χ1) is 16.3. The second kappa shape index (κ2) is 11.5. The molecule has 4 amide bonds. The molecule has 3 rings (SSSR count). The minimum absolute atomic E-state index is 0.123. The van der Waals surface area contributed by atoms with Crippen LogP contribution in [0.15, 0.2) is 48.5 Å². The number of urea groups is 1. The number of piperazine rings is 1. The van der Waals surface area contributed by atoms with Crippen LogP contribution in [0.4, 0.5) is 23.7 Å². The van der Waals surface area contributed by atoms with Gasteiger partial charge >= 0.3 is 18.4 Å². The van der Waals surface area contributed by atoms with Gasteiger partial charge in [-0.3, -0.25) is 25.3 Å². The molecule has 0 saturated carbocycles. The molecule has 8 nitrogen and oxygen atoms in total. The lowest BCUT2D eigenvalue weighted by molar-refractivity contribution is -0.132. The third-order valence-corrected chi connectivity index (χ3v) is 5.50. The normalized spacial score (nSPS) is 14.1. The summed E-state index contributed by atoms with van der Waals surface area (Å²) in [7, 11) is 0. The summed E-state index contributed by atoms with van der Waals surface area (Å²) in [5.74, 6) is -2.86. The van der Waals surface area contributed by atoms with Gasteiger partial charge in [-0.1, -0.05) is 25.1 Å². The number of likely N-dealkylation sites (N-methyl/N-ethyl adjacent to an activating group) is 1. The van der Waals surface area contributed by atoms with Crippen molar-refractivity contribution in [2.45, 2.75) is 19.9 Å². The zero-order valence-corrected chi connectivity index (χ0v) is 18.6. The molecule has 0 bridgehead atoms. The number of anilines is 1. The van der Waals surface area contributed by atoms with E-state index < -0.39 is 24.1 Å². The molecule has 34 heavy (non-hydrogen) atoms. The number of carbonyl (C=O) groups excluding carboxylic acids is 3. The molecular formula is C23H26F3N5O3. The van der Waals surface area contributed by atoms with Gasteiger partial charge in [0.15, 0.2) is 0 Å². The summed E-state index contributed by atoms with van der Waals surface area (Å²) in [5, 5.41) is 0. The van der Waals surface area contributed by atoms with Crippen LogP contribution in [0.1, 0.15) is 22.8 Å². The van der Waals surface area contributed by atoms with Gasteiger partial charge in [-0.15, -0.1) is 0 Å². The van der Waals surface area contributed by atoms with E-state index in [9.17, 15) is 27.6 Å². The molecule has 2 aromatic carbocycles. The second-order valence-corrected chi connectivity index (χ2v) is 7.71. The smallest absolute Gasteiger partial charge is 0.322 e. The van der Waals surface area contributed by atoms with Gasteiger partial charge in [0, 0.05) is 37.4 Å². The Morgan fingerprint density at radius 2 is 1.68 bits per heavy atom. The quantitative estimate of drug-likeness (QED) is 0.627. The fraction of sp³-hybridized carbons (Fsp3) is 0.348. The number of nitrogens with zero attached hydrogens (tertiary/aromatic N) is 3. The summed E-state index contributed by atoms with van der Waals surface area (Å²) in [6, 6.07) is 11.6. The third-order valence-electron chi connectivity index (χ3n) is 5.50. The number of hydrazine groups is 1. The SMILES string of the molecule is CCN1CCN(C(=O)N(Cc2ccc(C(=O)NNC(=O)C(F)F)cc2)c2cccc(F)c2)CC1. The van der Waals surface area contributed by atoms with Gasteiger partial charge in [-0.2, -0.15) is 8.78 Å². The van der Waals surface area contributed by atoms with Gasteiger partial charge in [0.1, 0.15) is 5.82 Å². The fourth-order valence-corrected chi connectivity index (χ4v) is 3.53. The van der Waals surface area contributed by atoms with Crippen molar-refractivity contribution in [2.24, 2.45) is 0 Å². The molecule has 0 aliphatic carbocycles. The van der Waals surface area contributed by atoms with Crippen molar-refractivity contribution in [2.75, 3.05) is 37.6 Å². The molecule has 1 aliphatic rings. The van der Waals surface area contributed by atoms with Gasteiger partial charge in [-0.05, 0) is 42.4 Å². The Bertz CT molecular complexity index is 1010. The van der Waals surface area contributed by atoms with Crippen molar-refractivity contribution < 1.29 is 27.6 Å². The summed E-state index contributed by atoms with van der Waals surface area (Å²) < 4.78 is 38.4. The molecule has 182 valence electrons. The standard InChI is InChI=1S/C23H26F3N5O3/c1-2-29-10-12-30(13-11-29)23(34)31(19-5-3-4-18(24)14-19)15-16-6-8-17(9-7-16)21(32)27-28-22(33)20(25)26/h3-9,14,20H,2,10-13,15H2,1H3,(H,27,32)(H,28,33). The van der Waals surface area contributed by atoms with Crippen molar-refractivity contribution >= 4 is 23.5 Å². The van der Waals surface area contributed by atoms with E-state index in [4.69, 9.17) is 0 Å². The summed E-state index contributed by atoms with van der Waals surface area (Å²) in [5.41, 5.74) is 4.72. The van der Waals surface area contributed by atoms with Gasteiger partial charge in [0.05, 0.1) is 6.54 Å². The van der Waals surface area contributed by atoms with E-state index in [-0.39, 0.29) is 18.1 Å². The minimum Gasteiger partial charge on any atom is -0.322 e. The van der Waals surface area contributed by atoms with Crippen LogP contribution in [0.3, 0.4) is 0 Å². The van der Waals surface area contributed by atoms with E-state index in [1.807, 2.05) is 5.43 Å². The summed E-state index contributed by atoms with van der Waals surface area (Å²) >= 11 is 0. The first-order valence-electron chi connectivity index (χ1n) is 10.8. The molecule has 1 saturated heterocycles. The molecule has 2 aromatic rings. The van der Waals surface area contributed by atoms with Crippen LogP contribution < -0.4 is 15.8 Å². The molecule has 1 aliphatic heterocycles. The Hall–Kier alpha value is -3.60. The lowest BCUT2D eigenvalue weighted by atomic mass is 10.1. The van der Waals surface area contributed by atoms with Crippen LogP contribution in [-0.2, 0) is 11.3 Å². The Labute approximate surface area is 195 Å². The van der Waals surface area contributed by atoms with Gasteiger partial charge in [-0.25, -0.2) is 9.18 Å². The molecule has 2 N–H and O–H groups in total. The van der Waals surface area contributed by atoms with E-state index >= 15 is 0 Å². The molecular weight excluding hydrogens is 451 g/mol. The molecule has 11 heteroatoms. The Morgan fingerprint density at radius 3 is 2.26 bits per heavy atom. The van der Waals surface area contributed by atoms with E-state index in [1.54, 1.807) is 28.5 Å². The van der Waals surface area contributed by atoms with E-state index in [0.29, 0.717) is 24.3 Å². The fourth-order valence-electron chi connectivity index (χ4n) is 3.53. The highest BCUT2D eigenvalue weighted by atomic mass is 19.3. The summed E-state index contributed by atoms with van der Waals surface area (Å²) in [6.45, 7) is 5.72. The number of nitrogens with one attached hydrogen (secondary N) is 2. The average molecular weight is 477 g/mol. The molecule has 0 radical (unpaired) electrons. The first-order valence-corrected chi connectivity index (χ1v) is 10.8. The van der Waals surface area contributed by atoms with Crippen molar-refractivity contribution in [1.82, 2.24) is 20.7 Å². The predicted octanol–water partition coefficient (Wildman–Crippen LogP) is 2.62. The third kappa shape index (κ3) is 6.47. The molecule has 1 fully saturated rings. The molecule has 0 spiro atoms. The number of amides is 4. The number of hydrogen-bond donors (Lipinski definition) is 2. The van der Waals surface area contributed by atoms with E-state index in [0.717, 1.165) is 19.6 Å². The maximum Gasteiger partial charge on any atom is 0.324 e. The maximum absolute atomic E-state index is 13.9. The molecule has 0 aromatic heterocycles. The van der Waals surface area contributed by atoms with Crippen molar-refractivity contribution in [3.63, 3.8) is 0 Å². The lowest BCUT2D eigenvalue weighted by Crippen LogP contribution is -2.52. The van der Waals surface area contributed by atoms with Gasteiger partial charge < -0.3 is 9.80 Å². The number of hydrogen-bond acceptors (Lipinski definition) is 4. The van der Waals surface area contributed by atoms with Crippen molar-refractivity contribution in [3.05, 3.63) is 65.5 Å². The van der Waals surface area contributed by atoms with Crippen molar-refractivity contribution in [3.8, 4) is 0 Å². The molecule has 0 unspecified atom stereocenters. The van der Waals surface area contributed by atoms with Crippen LogP contribution >= 0.6 is 0 Å². The minimum atomic E-state index is -3.25. The highest BCUT2D eigenvalue weighted by Gasteiger charge is 2.26. The van der Waals surface area contributed by atoms with Gasteiger partial charge in [0.25, 0.3) is 5.91 Å². The topological polar surface area (TPSA) is 85.0 Å². The number of carbonyl (C=O) groups is 3. The molecule has 0 atom stereocenters. The largest absolute Gasteiger partial charge is 0.324 e. The van der Waals surface area contributed by atoms with Crippen LogP contribution in [-0.4, -0.2) is 66.8 Å². The number of halogens is 3. The van der Waals surface area contributed by atoms with Crippen LogP contribution in [0.5, 0.6) is 0 Å². The van der Waals surface area contributed by atoms with Crippen molar-refractivity contribution in [1.29, 1.82) is 0 Å². The zero-order chi connectivity index (χ0) is 24.7. The zero-order valence-electron chi connectivity index (χ0n) is 18.6. The van der Waals surface area contributed by atoms with Gasteiger partial charge in [0.2, 0.25) is 0 Å². The Kier molecular flexibility index (Phi) is 8.47. The summed E-state index contributed by atoms with van der Waals surface area (Å²) in [4.78, 5) is 41.7. The number of benzene rings is 2. The van der Waals surface area contributed by atoms with E-state index in [2.05, 4.69) is 11.8 Å². The van der Waals surface area contributed by atoms with Crippen LogP contribution in [0, 0.1) is 5.82 Å². The Balaban J connectivity index is 1.73.